The Hall–Kier alpha value is -3.48. The van der Waals surface area contributed by atoms with E-state index in [1.165, 1.54) is 37.3 Å². The highest BCUT2D eigenvalue weighted by Gasteiger charge is 2.17. The normalized spacial score (nSPS) is 10.7. The lowest BCUT2D eigenvalue weighted by Crippen LogP contribution is -2.07. The van der Waals surface area contributed by atoms with E-state index in [4.69, 9.17) is 4.42 Å². The van der Waals surface area contributed by atoms with E-state index in [9.17, 15) is 24.9 Å². The number of anilines is 1. The third-order valence-corrected chi connectivity index (χ3v) is 3.42. The predicted octanol–water partition coefficient (Wildman–Crippen LogP) is 2.54. The van der Waals surface area contributed by atoms with Gasteiger partial charge in [-0.25, -0.2) is 0 Å². The molecule has 7 nitrogen and oxygen atoms in total. The Balaban J connectivity index is 2.21. The molecular weight excluding hydrogens is 314 g/mol. The highest BCUT2D eigenvalue weighted by Crippen LogP contribution is 2.35. The number of amides is 1. The van der Waals surface area contributed by atoms with Gasteiger partial charge in [-0.3, -0.25) is 9.59 Å². The summed E-state index contributed by atoms with van der Waals surface area (Å²) in [5.74, 6) is -1.79. The van der Waals surface area contributed by atoms with E-state index in [0.29, 0.717) is 5.69 Å². The summed E-state index contributed by atoms with van der Waals surface area (Å²) in [5.41, 5.74) is 0.157. The van der Waals surface area contributed by atoms with E-state index in [2.05, 4.69) is 5.32 Å². The SMILES string of the molecule is CC(=O)Nc1ccc2oc(-c3ccc(O)c(O)c3)c(O)c(=O)c2c1. The van der Waals surface area contributed by atoms with E-state index >= 15 is 0 Å². The van der Waals surface area contributed by atoms with Crippen molar-refractivity contribution in [2.45, 2.75) is 6.92 Å². The lowest BCUT2D eigenvalue weighted by Gasteiger charge is -2.08. The molecule has 0 radical (unpaired) electrons. The van der Waals surface area contributed by atoms with Crippen molar-refractivity contribution < 1.29 is 24.5 Å². The minimum absolute atomic E-state index is 0.102. The molecule has 1 amide bonds. The maximum atomic E-state index is 12.4. The fourth-order valence-corrected chi connectivity index (χ4v) is 2.33. The van der Waals surface area contributed by atoms with Crippen LogP contribution in [0.3, 0.4) is 0 Å². The van der Waals surface area contributed by atoms with Crippen LogP contribution in [0.4, 0.5) is 5.69 Å². The zero-order chi connectivity index (χ0) is 17.4. The standard InChI is InChI=1S/C17H13NO6/c1-8(19)18-10-3-5-14-11(7-10)15(22)16(23)17(24-14)9-2-4-12(20)13(21)6-9/h2-7,20-21,23H,1H3,(H,18,19). The van der Waals surface area contributed by atoms with Crippen molar-refractivity contribution >= 4 is 22.6 Å². The van der Waals surface area contributed by atoms with Crippen molar-refractivity contribution in [3.8, 4) is 28.6 Å². The number of phenols is 2. The molecule has 0 unspecified atom stereocenters. The molecule has 0 spiro atoms. The molecule has 0 aliphatic rings. The molecule has 0 atom stereocenters. The molecule has 3 aromatic rings. The Bertz CT molecular complexity index is 1020. The Labute approximate surface area is 135 Å². The molecule has 2 aromatic carbocycles. The predicted molar refractivity (Wildman–Crippen MR) is 87.2 cm³/mol. The number of fused-ring (bicyclic) bond motifs is 1. The van der Waals surface area contributed by atoms with E-state index in [-0.39, 0.29) is 33.9 Å². The van der Waals surface area contributed by atoms with Crippen molar-refractivity contribution in [1.29, 1.82) is 0 Å². The highest BCUT2D eigenvalue weighted by atomic mass is 16.4. The topological polar surface area (TPSA) is 120 Å². The zero-order valence-corrected chi connectivity index (χ0v) is 12.5. The number of hydrogen-bond acceptors (Lipinski definition) is 6. The number of benzene rings is 2. The first-order chi connectivity index (χ1) is 11.4. The third-order valence-electron chi connectivity index (χ3n) is 3.42. The van der Waals surface area contributed by atoms with Crippen molar-refractivity contribution in [3.05, 3.63) is 46.6 Å². The van der Waals surface area contributed by atoms with Gasteiger partial charge in [0.1, 0.15) is 5.58 Å². The number of hydrogen-bond donors (Lipinski definition) is 4. The second-order valence-electron chi connectivity index (χ2n) is 5.20. The molecule has 0 aliphatic carbocycles. The zero-order valence-electron chi connectivity index (χ0n) is 12.5. The van der Waals surface area contributed by atoms with Crippen molar-refractivity contribution in [2.75, 3.05) is 5.32 Å². The van der Waals surface area contributed by atoms with Crippen LogP contribution in [0.1, 0.15) is 6.92 Å². The number of nitrogens with one attached hydrogen (secondary N) is 1. The molecule has 3 rings (SSSR count). The van der Waals surface area contributed by atoms with Gasteiger partial charge in [-0.05, 0) is 36.4 Å². The van der Waals surface area contributed by atoms with Gasteiger partial charge in [0.05, 0.1) is 5.39 Å². The van der Waals surface area contributed by atoms with Crippen LogP contribution in [0.15, 0.2) is 45.6 Å². The molecule has 0 fully saturated rings. The smallest absolute Gasteiger partial charge is 0.235 e. The Morgan fingerprint density at radius 1 is 1.04 bits per heavy atom. The Morgan fingerprint density at radius 3 is 2.46 bits per heavy atom. The first-order valence-electron chi connectivity index (χ1n) is 6.96. The van der Waals surface area contributed by atoms with Gasteiger partial charge in [-0.2, -0.15) is 0 Å². The van der Waals surface area contributed by atoms with Crippen LogP contribution in [0.5, 0.6) is 17.2 Å². The minimum atomic E-state index is -0.675. The van der Waals surface area contributed by atoms with Gasteiger partial charge in [-0.1, -0.05) is 0 Å². The first-order valence-corrected chi connectivity index (χ1v) is 6.96. The molecule has 4 N–H and O–H groups in total. The van der Waals surface area contributed by atoms with Crippen LogP contribution in [-0.4, -0.2) is 21.2 Å². The third kappa shape index (κ3) is 2.63. The average molecular weight is 327 g/mol. The van der Waals surface area contributed by atoms with Crippen LogP contribution < -0.4 is 10.7 Å². The second kappa shape index (κ2) is 5.62. The van der Waals surface area contributed by atoms with Gasteiger partial charge < -0.3 is 25.1 Å². The maximum Gasteiger partial charge on any atom is 0.235 e. The van der Waals surface area contributed by atoms with Crippen LogP contribution in [-0.2, 0) is 4.79 Å². The molecule has 0 saturated carbocycles. The average Bonchev–Trinajstić information content (AvgIpc) is 2.53. The molecule has 0 bridgehead atoms. The summed E-state index contributed by atoms with van der Waals surface area (Å²) in [6, 6.07) is 8.23. The first kappa shape index (κ1) is 15.4. The number of carbonyl (C=O) groups excluding carboxylic acids is 1. The number of aromatic hydroxyl groups is 3. The number of carbonyl (C=O) groups is 1. The number of phenolic OH excluding ortho intramolecular Hbond substituents is 2. The maximum absolute atomic E-state index is 12.4. The summed E-state index contributed by atoms with van der Waals surface area (Å²) >= 11 is 0. The van der Waals surface area contributed by atoms with Crippen molar-refractivity contribution in [2.24, 2.45) is 0 Å². The van der Waals surface area contributed by atoms with Gasteiger partial charge in [0.2, 0.25) is 17.1 Å². The largest absolute Gasteiger partial charge is 0.504 e. The van der Waals surface area contributed by atoms with Crippen LogP contribution in [0.25, 0.3) is 22.3 Å². The van der Waals surface area contributed by atoms with Gasteiger partial charge in [0, 0.05) is 18.2 Å². The van der Waals surface area contributed by atoms with Crippen LogP contribution in [0, 0.1) is 0 Å². The molecule has 1 aromatic heterocycles. The Kier molecular flexibility index (Phi) is 3.61. The summed E-state index contributed by atoms with van der Waals surface area (Å²) in [6.07, 6.45) is 0. The van der Waals surface area contributed by atoms with Gasteiger partial charge in [-0.15, -0.1) is 0 Å². The fraction of sp³-hybridized carbons (Fsp3) is 0.0588. The lowest BCUT2D eigenvalue weighted by molar-refractivity contribution is -0.114. The highest BCUT2D eigenvalue weighted by molar-refractivity contribution is 5.92. The molecule has 24 heavy (non-hydrogen) atoms. The molecule has 0 saturated heterocycles. The summed E-state index contributed by atoms with van der Waals surface area (Å²) in [4.78, 5) is 23.5. The lowest BCUT2D eigenvalue weighted by atomic mass is 10.1. The summed E-state index contributed by atoms with van der Waals surface area (Å²) in [5, 5.41) is 31.7. The molecule has 122 valence electrons. The van der Waals surface area contributed by atoms with Crippen molar-refractivity contribution in [1.82, 2.24) is 0 Å². The summed E-state index contributed by atoms with van der Waals surface area (Å²) < 4.78 is 5.56. The van der Waals surface area contributed by atoms with Crippen molar-refractivity contribution in [3.63, 3.8) is 0 Å². The van der Waals surface area contributed by atoms with Gasteiger partial charge in [0.15, 0.2) is 17.3 Å². The van der Waals surface area contributed by atoms with Gasteiger partial charge in [0.25, 0.3) is 0 Å². The molecule has 0 aliphatic heterocycles. The van der Waals surface area contributed by atoms with E-state index in [0.717, 1.165) is 0 Å². The van der Waals surface area contributed by atoms with Crippen LogP contribution in [0.2, 0.25) is 0 Å². The fourth-order valence-electron chi connectivity index (χ4n) is 2.33. The second-order valence-corrected chi connectivity index (χ2v) is 5.20. The van der Waals surface area contributed by atoms with Gasteiger partial charge >= 0.3 is 0 Å². The Morgan fingerprint density at radius 2 is 1.79 bits per heavy atom. The summed E-state index contributed by atoms with van der Waals surface area (Å²) in [6.45, 7) is 1.34. The molecule has 7 heteroatoms. The summed E-state index contributed by atoms with van der Waals surface area (Å²) in [7, 11) is 0. The number of rotatable bonds is 2. The molecular formula is C17H13NO6. The van der Waals surface area contributed by atoms with Crippen LogP contribution >= 0.6 is 0 Å². The van der Waals surface area contributed by atoms with E-state index in [1.54, 1.807) is 6.07 Å². The quantitative estimate of drug-likeness (QED) is 0.537. The van der Waals surface area contributed by atoms with E-state index in [1.807, 2.05) is 0 Å². The molecule has 1 heterocycles. The minimum Gasteiger partial charge on any atom is -0.504 e. The monoisotopic (exact) mass is 327 g/mol. The van der Waals surface area contributed by atoms with E-state index < -0.39 is 16.9 Å².